The molecule has 3 heterocycles. The van der Waals surface area contributed by atoms with Gasteiger partial charge >= 0.3 is 0 Å². The fraction of sp³-hybridized carbons (Fsp3) is 0.688. The summed E-state index contributed by atoms with van der Waals surface area (Å²) in [6.07, 6.45) is 1.13. The number of carbonyl (C=O) groups is 1. The molecule has 2 aliphatic heterocycles. The van der Waals surface area contributed by atoms with Gasteiger partial charge in [-0.25, -0.2) is 0 Å². The minimum atomic E-state index is -0.0525. The van der Waals surface area contributed by atoms with E-state index in [2.05, 4.69) is 55.1 Å². The molecule has 2 fully saturated rings. The van der Waals surface area contributed by atoms with E-state index in [0.717, 1.165) is 19.5 Å². The number of aryl methyl sites for hydroxylation is 1. The Balaban J connectivity index is 1.90. The minimum Gasteiger partial charge on any atom is -0.316 e. The molecule has 3 atom stereocenters. The van der Waals surface area contributed by atoms with Crippen molar-refractivity contribution in [3.63, 3.8) is 0 Å². The van der Waals surface area contributed by atoms with E-state index in [1.807, 2.05) is 0 Å². The van der Waals surface area contributed by atoms with Gasteiger partial charge in [-0.1, -0.05) is 13.8 Å². The molecule has 21 heavy (non-hydrogen) atoms. The third-order valence-corrected chi connectivity index (χ3v) is 5.65. The van der Waals surface area contributed by atoms with Gasteiger partial charge in [-0.15, -0.1) is 11.3 Å². The number of hydrogen-bond donors (Lipinski definition) is 1. The highest BCUT2D eigenvalue weighted by Gasteiger charge is 2.45. The number of nitrogens with zero attached hydrogens (tertiary/aromatic N) is 2. The summed E-state index contributed by atoms with van der Waals surface area (Å²) >= 11 is 1.79. The lowest BCUT2D eigenvalue weighted by Crippen LogP contribution is -2.42. The lowest BCUT2D eigenvalue weighted by Gasteiger charge is -2.29. The molecule has 0 radical (unpaired) electrons. The third kappa shape index (κ3) is 2.74. The average Bonchev–Trinajstić information content (AvgIpc) is 3.08. The van der Waals surface area contributed by atoms with Gasteiger partial charge in [-0.05, 0) is 45.0 Å². The van der Waals surface area contributed by atoms with E-state index in [4.69, 9.17) is 0 Å². The van der Waals surface area contributed by atoms with Crippen LogP contribution in [0.1, 0.15) is 36.2 Å². The number of thiophene rings is 1. The molecule has 1 aromatic heterocycles. The first kappa shape index (κ1) is 15.0. The number of hydrogen-bond acceptors (Lipinski definition) is 4. The maximum absolute atomic E-state index is 12.9. The number of likely N-dealkylation sites (tertiary alicyclic amines) is 1. The van der Waals surface area contributed by atoms with Gasteiger partial charge < -0.3 is 9.80 Å². The summed E-state index contributed by atoms with van der Waals surface area (Å²) < 4.78 is 0. The van der Waals surface area contributed by atoms with E-state index >= 15 is 0 Å². The first-order valence-electron chi connectivity index (χ1n) is 7.80. The van der Waals surface area contributed by atoms with Crippen molar-refractivity contribution in [2.24, 2.45) is 5.92 Å². The molecule has 0 spiro atoms. The number of rotatable bonds is 3. The lowest BCUT2D eigenvalue weighted by molar-refractivity contribution is -0.132. The average molecular weight is 307 g/mol. The van der Waals surface area contributed by atoms with Crippen LogP contribution < -0.4 is 5.32 Å². The van der Waals surface area contributed by atoms with Gasteiger partial charge in [0.1, 0.15) is 6.17 Å². The van der Waals surface area contributed by atoms with Gasteiger partial charge in [-0.3, -0.25) is 10.1 Å². The number of likely N-dealkylation sites (N-methyl/N-ethyl adjacent to an activating group) is 1. The maximum atomic E-state index is 12.9. The van der Waals surface area contributed by atoms with E-state index in [1.165, 1.54) is 9.75 Å². The molecule has 2 aliphatic rings. The Morgan fingerprint density at radius 1 is 1.38 bits per heavy atom. The van der Waals surface area contributed by atoms with Crippen LogP contribution >= 0.6 is 11.3 Å². The predicted octanol–water partition coefficient (Wildman–Crippen LogP) is 2.22. The van der Waals surface area contributed by atoms with E-state index in [-0.39, 0.29) is 18.1 Å². The van der Waals surface area contributed by atoms with Gasteiger partial charge in [0, 0.05) is 22.3 Å². The summed E-state index contributed by atoms with van der Waals surface area (Å²) in [6, 6.07) is 4.60. The summed E-state index contributed by atoms with van der Waals surface area (Å²) in [4.78, 5) is 19.9. The predicted molar refractivity (Wildman–Crippen MR) is 86.3 cm³/mol. The Kier molecular flexibility index (Phi) is 4.08. The van der Waals surface area contributed by atoms with E-state index in [9.17, 15) is 4.79 Å². The maximum Gasteiger partial charge on any atom is 0.241 e. The molecule has 0 saturated carbocycles. The van der Waals surface area contributed by atoms with E-state index < -0.39 is 0 Å². The van der Waals surface area contributed by atoms with Crippen LogP contribution in [0.25, 0.3) is 0 Å². The summed E-state index contributed by atoms with van der Waals surface area (Å²) in [6.45, 7) is 8.43. The zero-order chi connectivity index (χ0) is 15.1. The Bertz CT molecular complexity index is 527. The van der Waals surface area contributed by atoms with Crippen LogP contribution in [-0.2, 0) is 4.79 Å². The molecule has 116 valence electrons. The molecule has 0 aromatic carbocycles. The van der Waals surface area contributed by atoms with Crippen LogP contribution in [0.4, 0.5) is 0 Å². The number of carbonyl (C=O) groups excluding carboxylic acids is 1. The second-order valence-electron chi connectivity index (χ2n) is 6.69. The summed E-state index contributed by atoms with van der Waals surface area (Å²) in [7, 11) is 2.14. The quantitative estimate of drug-likeness (QED) is 0.930. The molecule has 3 rings (SSSR count). The Morgan fingerprint density at radius 3 is 2.67 bits per heavy atom. The van der Waals surface area contributed by atoms with Crippen molar-refractivity contribution in [2.75, 3.05) is 20.1 Å². The number of nitrogens with one attached hydrogen (secondary N) is 1. The van der Waals surface area contributed by atoms with Gasteiger partial charge in [0.15, 0.2) is 0 Å². The van der Waals surface area contributed by atoms with Crippen LogP contribution in [0.2, 0.25) is 0 Å². The Morgan fingerprint density at radius 2 is 2.14 bits per heavy atom. The highest BCUT2D eigenvalue weighted by atomic mass is 32.1. The molecule has 1 N–H and O–H groups in total. The van der Waals surface area contributed by atoms with Crippen molar-refractivity contribution in [3.05, 3.63) is 21.9 Å². The van der Waals surface area contributed by atoms with Crippen molar-refractivity contribution in [3.8, 4) is 0 Å². The van der Waals surface area contributed by atoms with E-state index in [0.29, 0.717) is 12.0 Å². The molecule has 4 nitrogen and oxygen atoms in total. The monoisotopic (exact) mass is 307 g/mol. The summed E-state index contributed by atoms with van der Waals surface area (Å²) in [5.74, 6) is 0.603. The molecular weight excluding hydrogens is 282 g/mol. The van der Waals surface area contributed by atoms with Crippen LogP contribution in [0.3, 0.4) is 0 Å². The first-order chi connectivity index (χ1) is 9.97. The van der Waals surface area contributed by atoms with Crippen molar-refractivity contribution in [1.29, 1.82) is 0 Å². The lowest BCUT2D eigenvalue weighted by atomic mass is 10.0. The Labute approximate surface area is 131 Å². The first-order valence-corrected chi connectivity index (χ1v) is 8.62. The van der Waals surface area contributed by atoms with Crippen LogP contribution in [0.15, 0.2) is 12.1 Å². The highest BCUT2D eigenvalue weighted by Crippen LogP contribution is 2.35. The smallest absolute Gasteiger partial charge is 0.241 e. The molecule has 3 unspecified atom stereocenters. The van der Waals surface area contributed by atoms with Crippen molar-refractivity contribution < 1.29 is 4.79 Å². The third-order valence-electron chi connectivity index (χ3n) is 4.59. The molecule has 2 saturated heterocycles. The highest BCUT2D eigenvalue weighted by molar-refractivity contribution is 7.12. The summed E-state index contributed by atoms with van der Waals surface area (Å²) in [5, 5.41) is 3.58. The minimum absolute atomic E-state index is 0.0525. The van der Waals surface area contributed by atoms with Gasteiger partial charge in [0.25, 0.3) is 0 Å². The fourth-order valence-electron chi connectivity index (χ4n) is 3.44. The topological polar surface area (TPSA) is 35.6 Å². The molecule has 1 aromatic rings. The van der Waals surface area contributed by atoms with Gasteiger partial charge in [-0.2, -0.15) is 0 Å². The largest absolute Gasteiger partial charge is 0.316 e. The van der Waals surface area contributed by atoms with E-state index in [1.54, 1.807) is 11.3 Å². The standard InChI is InChI=1S/C16H25N3OS/c1-10(2)14-16(20)19(12-7-8-18(4)9-12)15(17-14)13-6-5-11(3)21-13/h5-6,10,12,14-15,17H,7-9H2,1-4H3. The van der Waals surface area contributed by atoms with Crippen LogP contribution in [-0.4, -0.2) is 47.9 Å². The normalized spacial score (nSPS) is 30.8. The fourth-order valence-corrected chi connectivity index (χ4v) is 4.37. The zero-order valence-corrected chi connectivity index (χ0v) is 14.1. The van der Waals surface area contributed by atoms with Crippen molar-refractivity contribution in [1.82, 2.24) is 15.1 Å². The SMILES string of the molecule is Cc1ccc(C2NC(C(C)C)C(=O)N2C2CCN(C)C2)s1. The van der Waals surface area contributed by atoms with Crippen LogP contribution in [0, 0.1) is 12.8 Å². The zero-order valence-electron chi connectivity index (χ0n) is 13.3. The molecule has 0 bridgehead atoms. The molecule has 1 amide bonds. The van der Waals surface area contributed by atoms with Gasteiger partial charge in [0.05, 0.1) is 6.04 Å². The number of amides is 1. The van der Waals surface area contributed by atoms with Gasteiger partial charge in [0.2, 0.25) is 5.91 Å². The molecular formula is C16H25N3OS. The second-order valence-corrected chi connectivity index (χ2v) is 8.01. The Hall–Kier alpha value is -0.910. The van der Waals surface area contributed by atoms with Crippen LogP contribution in [0.5, 0.6) is 0 Å². The molecule has 0 aliphatic carbocycles. The van der Waals surface area contributed by atoms with Crippen molar-refractivity contribution >= 4 is 17.2 Å². The van der Waals surface area contributed by atoms with Crippen molar-refractivity contribution in [2.45, 2.75) is 45.4 Å². The second kappa shape index (κ2) is 5.71. The molecule has 5 heteroatoms. The summed E-state index contributed by atoms with van der Waals surface area (Å²) in [5.41, 5.74) is 0.